The summed E-state index contributed by atoms with van der Waals surface area (Å²) in [4.78, 5) is 34.0. The number of aryl methyl sites for hydroxylation is 1. The molecule has 1 fully saturated rings. The number of hydrogen-bond donors (Lipinski definition) is 1. The van der Waals surface area contributed by atoms with Gasteiger partial charge in [-0.1, -0.05) is 24.6 Å². The molecule has 174 valence electrons. The van der Waals surface area contributed by atoms with Gasteiger partial charge < -0.3 is 9.64 Å². The number of methoxy groups -OCH3 is 1. The predicted octanol–water partition coefficient (Wildman–Crippen LogP) is 2.97. The van der Waals surface area contributed by atoms with Crippen LogP contribution in [-0.2, 0) is 24.3 Å². The molecule has 1 N–H and O–H groups in total. The van der Waals surface area contributed by atoms with Crippen molar-refractivity contribution in [2.75, 3.05) is 20.2 Å². The third-order valence-electron chi connectivity index (χ3n) is 7.07. The molecule has 0 saturated carbocycles. The molecule has 33 heavy (non-hydrogen) atoms. The highest BCUT2D eigenvalue weighted by molar-refractivity contribution is 5.73. The molecule has 0 bridgehead atoms. The van der Waals surface area contributed by atoms with Crippen LogP contribution in [0, 0.1) is 6.92 Å². The van der Waals surface area contributed by atoms with Crippen LogP contribution in [0.2, 0.25) is 0 Å². The van der Waals surface area contributed by atoms with Crippen LogP contribution in [0.15, 0.2) is 29.1 Å². The number of aromatic amines is 1. The van der Waals surface area contributed by atoms with Gasteiger partial charge in [0.05, 0.1) is 36.6 Å². The van der Waals surface area contributed by atoms with Gasteiger partial charge in [-0.05, 0) is 31.9 Å². The SMILES string of the molecule is COc1c(C)cccc1CN1CCCC[C@H]1c1cc2nc3c(c(=O)n2[nH]1)CN(C(C)=O)CC3. The number of piperidine rings is 1. The fourth-order valence-electron chi connectivity index (χ4n) is 5.32. The molecule has 5 rings (SSSR count). The molecule has 3 aromatic rings. The van der Waals surface area contributed by atoms with Crippen molar-refractivity contribution in [2.45, 2.75) is 58.7 Å². The summed E-state index contributed by atoms with van der Waals surface area (Å²) < 4.78 is 7.24. The van der Waals surface area contributed by atoms with Gasteiger partial charge in [0.15, 0.2) is 5.65 Å². The zero-order valence-electron chi connectivity index (χ0n) is 19.6. The number of hydrogen-bond acceptors (Lipinski definition) is 5. The van der Waals surface area contributed by atoms with Gasteiger partial charge in [0, 0.05) is 38.1 Å². The largest absolute Gasteiger partial charge is 0.496 e. The highest BCUT2D eigenvalue weighted by atomic mass is 16.5. The van der Waals surface area contributed by atoms with Crippen LogP contribution in [0.4, 0.5) is 0 Å². The first-order valence-corrected chi connectivity index (χ1v) is 11.7. The minimum absolute atomic E-state index is 0.0123. The summed E-state index contributed by atoms with van der Waals surface area (Å²) in [5, 5.41) is 3.35. The Labute approximate surface area is 193 Å². The zero-order chi connectivity index (χ0) is 23.1. The Bertz CT molecular complexity index is 1260. The fourth-order valence-corrected chi connectivity index (χ4v) is 5.32. The van der Waals surface area contributed by atoms with Gasteiger partial charge in [-0.25, -0.2) is 9.50 Å². The fraction of sp³-hybridized carbons (Fsp3) is 0.480. The molecule has 1 atom stereocenters. The van der Waals surface area contributed by atoms with E-state index in [1.807, 2.05) is 6.07 Å². The molecule has 0 spiro atoms. The first-order chi connectivity index (χ1) is 16.0. The van der Waals surface area contributed by atoms with Crippen molar-refractivity contribution in [3.63, 3.8) is 0 Å². The molecule has 0 aliphatic carbocycles. The number of ether oxygens (including phenoxy) is 1. The minimum atomic E-state index is -0.102. The van der Waals surface area contributed by atoms with E-state index < -0.39 is 0 Å². The van der Waals surface area contributed by atoms with E-state index >= 15 is 0 Å². The minimum Gasteiger partial charge on any atom is -0.496 e. The van der Waals surface area contributed by atoms with Crippen LogP contribution < -0.4 is 10.3 Å². The van der Waals surface area contributed by atoms with Crippen molar-refractivity contribution >= 4 is 11.6 Å². The van der Waals surface area contributed by atoms with Gasteiger partial charge >= 0.3 is 0 Å². The van der Waals surface area contributed by atoms with Crippen molar-refractivity contribution in [1.82, 2.24) is 24.4 Å². The molecular formula is C25H31N5O3. The Kier molecular flexibility index (Phi) is 5.70. The summed E-state index contributed by atoms with van der Waals surface area (Å²) in [6.45, 7) is 6.33. The number of benzene rings is 1. The maximum absolute atomic E-state index is 13.3. The molecule has 1 amide bonds. The van der Waals surface area contributed by atoms with Crippen molar-refractivity contribution in [3.05, 3.63) is 62.7 Å². The van der Waals surface area contributed by atoms with Crippen LogP contribution in [0.1, 0.15) is 60.3 Å². The lowest BCUT2D eigenvalue weighted by Gasteiger charge is -2.35. The number of nitrogens with zero attached hydrogens (tertiary/aromatic N) is 4. The molecule has 4 heterocycles. The number of rotatable bonds is 4. The number of nitrogens with one attached hydrogen (secondary N) is 1. The van der Waals surface area contributed by atoms with E-state index in [0.29, 0.717) is 30.7 Å². The lowest BCUT2D eigenvalue weighted by Crippen LogP contribution is -2.39. The molecule has 1 saturated heterocycles. The van der Waals surface area contributed by atoms with Gasteiger partial charge in [0.1, 0.15) is 5.75 Å². The van der Waals surface area contributed by atoms with Gasteiger partial charge in [0.25, 0.3) is 5.56 Å². The van der Waals surface area contributed by atoms with Crippen molar-refractivity contribution < 1.29 is 9.53 Å². The summed E-state index contributed by atoms with van der Waals surface area (Å²) in [6.07, 6.45) is 3.93. The van der Waals surface area contributed by atoms with E-state index in [9.17, 15) is 9.59 Å². The van der Waals surface area contributed by atoms with E-state index in [-0.39, 0.29) is 17.5 Å². The first kappa shape index (κ1) is 21.7. The lowest BCUT2D eigenvalue weighted by molar-refractivity contribution is -0.129. The second-order valence-electron chi connectivity index (χ2n) is 9.19. The van der Waals surface area contributed by atoms with Crippen LogP contribution in [0.25, 0.3) is 5.65 Å². The van der Waals surface area contributed by atoms with Crippen molar-refractivity contribution in [3.8, 4) is 5.75 Å². The first-order valence-electron chi connectivity index (χ1n) is 11.7. The Balaban J connectivity index is 1.49. The van der Waals surface area contributed by atoms with E-state index in [1.54, 1.807) is 23.4 Å². The number of amides is 1. The molecule has 2 aliphatic heterocycles. The van der Waals surface area contributed by atoms with Crippen LogP contribution >= 0.6 is 0 Å². The average molecular weight is 450 g/mol. The molecule has 0 unspecified atom stereocenters. The number of carbonyl (C=O) groups excluding carboxylic acids is 1. The van der Waals surface area contributed by atoms with Gasteiger partial charge in [-0.2, -0.15) is 0 Å². The molecule has 1 aromatic carbocycles. The van der Waals surface area contributed by atoms with Crippen molar-refractivity contribution in [2.24, 2.45) is 0 Å². The monoisotopic (exact) mass is 449 g/mol. The summed E-state index contributed by atoms with van der Waals surface area (Å²) in [7, 11) is 1.73. The van der Waals surface area contributed by atoms with Crippen molar-refractivity contribution in [1.29, 1.82) is 0 Å². The number of para-hydroxylation sites is 1. The molecule has 8 nitrogen and oxygen atoms in total. The number of aromatic nitrogens is 3. The van der Waals surface area contributed by atoms with E-state index in [1.165, 1.54) is 5.56 Å². The molecule has 2 aromatic heterocycles. The summed E-state index contributed by atoms with van der Waals surface area (Å²) in [5.41, 5.74) is 5.31. The zero-order valence-corrected chi connectivity index (χ0v) is 19.6. The summed E-state index contributed by atoms with van der Waals surface area (Å²) in [6, 6.07) is 8.48. The number of H-pyrrole nitrogens is 1. The molecule has 8 heteroatoms. The Morgan fingerprint density at radius 2 is 2.12 bits per heavy atom. The second-order valence-corrected chi connectivity index (χ2v) is 9.19. The van der Waals surface area contributed by atoms with E-state index in [0.717, 1.165) is 55.1 Å². The number of carbonyl (C=O) groups is 1. The third kappa shape index (κ3) is 3.93. The van der Waals surface area contributed by atoms with Gasteiger partial charge in [0.2, 0.25) is 5.91 Å². The predicted molar refractivity (Wildman–Crippen MR) is 125 cm³/mol. The Morgan fingerprint density at radius 1 is 1.27 bits per heavy atom. The van der Waals surface area contributed by atoms with E-state index in [4.69, 9.17) is 9.72 Å². The van der Waals surface area contributed by atoms with Gasteiger partial charge in [-0.3, -0.25) is 19.6 Å². The Hall–Kier alpha value is -3.13. The van der Waals surface area contributed by atoms with Crippen LogP contribution in [0.5, 0.6) is 5.75 Å². The van der Waals surface area contributed by atoms with Crippen LogP contribution in [0.3, 0.4) is 0 Å². The highest BCUT2D eigenvalue weighted by Gasteiger charge is 2.28. The van der Waals surface area contributed by atoms with E-state index in [2.05, 4.69) is 35.1 Å². The molecule has 0 radical (unpaired) electrons. The topological polar surface area (TPSA) is 82.9 Å². The smallest absolute Gasteiger partial charge is 0.277 e. The normalized spacial score (nSPS) is 19.0. The summed E-state index contributed by atoms with van der Waals surface area (Å²) >= 11 is 0. The quantitative estimate of drug-likeness (QED) is 0.662. The third-order valence-corrected chi connectivity index (χ3v) is 7.07. The standard InChI is InChI=1S/C25H31N5O3/c1-16-7-6-8-18(24(16)33-3)14-29-11-5-4-9-22(29)21-13-23-26-20-10-12-28(17(2)31)15-19(20)25(32)30(23)27-21/h6-8,13,22,27H,4-5,9-12,14-15H2,1-3H3/t22-/m0/s1. The lowest BCUT2D eigenvalue weighted by atomic mass is 9.98. The van der Waals surface area contributed by atoms with Gasteiger partial charge in [-0.15, -0.1) is 0 Å². The highest BCUT2D eigenvalue weighted by Crippen LogP contribution is 2.34. The number of likely N-dealkylation sites (tertiary alicyclic amines) is 1. The second kappa shape index (κ2) is 8.67. The molecule has 2 aliphatic rings. The summed E-state index contributed by atoms with van der Waals surface area (Å²) in [5.74, 6) is 0.931. The maximum atomic E-state index is 13.3. The van der Waals surface area contributed by atoms with Crippen LogP contribution in [-0.4, -0.2) is 50.5 Å². The maximum Gasteiger partial charge on any atom is 0.277 e. The average Bonchev–Trinajstić information content (AvgIpc) is 3.24. The Morgan fingerprint density at radius 3 is 2.91 bits per heavy atom. The molecular weight excluding hydrogens is 418 g/mol. The number of fused-ring (bicyclic) bond motifs is 2.